The minimum absolute atomic E-state index is 0.0497. The third kappa shape index (κ3) is 9.20. The number of esters is 1. The zero-order valence-electron chi connectivity index (χ0n) is 22.4. The summed E-state index contributed by atoms with van der Waals surface area (Å²) in [5.74, 6) is 0.291. The molecule has 0 aliphatic carbocycles. The lowest BCUT2D eigenvalue weighted by atomic mass is 9.96. The Hall–Kier alpha value is -4.83. The van der Waals surface area contributed by atoms with Gasteiger partial charge in [0.05, 0.1) is 13.2 Å². The first-order chi connectivity index (χ1) is 18.5. The first kappa shape index (κ1) is 30.4. The third-order valence-electron chi connectivity index (χ3n) is 5.40. The number of terminal acetylenes is 1. The summed E-state index contributed by atoms with van der Waals surface area (Å²) in [6.07, 6.45) is 4.88. The van der Waals surface area contributed by atoms with E-state index in [-0.39, 0.29) is 12.0 Å². The highest BCUT2D eigenvalue weighted by Gasteiger charge is 2.37. The van der Waals surface area contributed by atoms with Gasteiger partial charge in [-0.2, -0.15) is 5.26 Å². The minimum atomic E-state index is -1.40. The molecule has 0 bridgehead atoms. The number of ether oxygens (including phenoxy) is 2. The number of methoxy groups -OCH3 is 1. The number of rotatable bonds is 10. The molecule has 0 aromatic heterocycles. The van der Waals surface area contributed by atoms with E-state index in [4.69, 9.17) is 11.2 Å². The molecule has 0 aliphatic heterocycles. The molecule has 0 radical (unpaired) electrons. The normalized spacial score (nSPS) is 12.1. The number of amides is 3. The van der Waals surface area contributed by atoms with E-state index in [1.807, 2.05) is 12.1 Å². The van der Waals surface area contributed by atoms with Crippen molar-refractivity contribution >= 4 is 23.9 Å². The zero-order chi connectivity index (χ0) is 29.0. The lowest BCUT2D eigenvalue weighted by Gasteiger charge is -2.33. The average molecular weight is 533 g/mol. The number of nitriles is 1. The van der Waals surface area contributed by atoms with Gasteiger partial charge in [-0.25, -0.2) is 4.79 Å². The summed E-state index contributed by atoms with van der Waals surface area (Å²) in [5, 5.41) is 14.7. The Labute approximate surface area is 228 Å². The predicted molar refractivity (Wildman–Crippen MR) is 143 cm³/mol. The van der Waals surface area contributed by atoms with Gasteiger partial charge < -0.3 is 25.0 Å². The van der Waals surface area contributed by atoms with Crippen molar-refractivity contribution in [3.8, 4) is 18.4 Å². The van der Waals surface area contributed by atoms with Gasteiger partial charge in [0.1, 0.15) is 30.8 Å². The molecule has 10 nitrogen and oxygen atoms in total. The molecule has 0 saturated carbocycles. The molecule has 2 unspecified atom stereocenters. The Balaban J connectivity index is 2.57. The number of carbonyl (C=O) groups is 4. The maximum Gasteiger partial charge on any atom is 0.408 e. The number of hydrogen-bond donors (Lipinski definition) is 2. The highest BCUT2D eigenvalue weighted by Crippen LogP contribution is 2.26. The van der Waals surface area contributed by atoms with Crippen LogP contribution in [0.4, 0.5) is 4.79 Å². The van der Waals surface area contributed by atoms with Crippen LogP contribution in [-0.2, 0) is 30.3 Å². The van der Waals surface area contributed by atoms with Crippen LogP contribution in [0, 0.1) is 23.7 Å². The standard InChI is InChI=1S/C29H32N4O6/c1-6-21-14-10-11-15-22(21)25(26(35)31-19-24(34)38-5)33(17-16-30)27(36)23(18-20-12-8-7-9-13-20)32-28(37)39-29(2,3)4/h1,7-15,23,25H,17-19H2,2-5H3,(H,31,35)(H,32,37). The van der Waals surface area contributed by atoms with Crippen molar-refractivity contribution in [2.75, 3.05) is 20.2 Å². The van der Waals surface area contributed by atoms with Crippen LogP contribution in [0.3, 0.4) is 0 Å². The molecule has 204 valence electrons. The van der Waals surface area contributed by atoms with Gasteiger partial charge in [-0.3, -0.25) is 14.4 Å². The van der Waals surface area contributed by atoms with E-state index in [1.165, 1.54) is 7.11 Å². The van der Waals surface area contributed by atoms with Crippen molar-refractivity contribution in [2.24, 2.45) is 0 Å². The molecule has 2 N–H and O–H groups in total. The van der Waals surface area contributed by atoms with E-state index < -0.39 is 54.7 Å². The summed E-state index contributed by atoms with van der Waals surface area (Å²) < 4.78 is 9.95. The molecule has 3 amide bonds. The Bertz CT molecular complexity index is 1260. The first-order valence-electron chi connectivity index (χ1n) is 12.1. The molecule has 0 aliphatic rings. The summed E-state index contributed by atoms with van der Waals surface area (Å²) in [6.45, 7) is 4.06. The van der Waals surface area contributed by atoms with Crippen molar-refractivity contribution in [1.82, 2.24) is 15.5 Å². The molecule has 2 rings (SSSR count). The third-order valence-corrected chi connectivity index (χ3v) is 5.40. The fourth-order valence-corrected chi connectivity index (χ4v) is 3.72. The van der Waals surface area contributed by atoms with Crippen molar-refractivity contribution in [1.29, 1.82) is 5.26 Å². The largest absolute Gasteiger partial charge is 0.468 e. The average Bonchev–Trinajstić information content (AvgIpc) is 2.90. The lowest BCUT2D eigenvalue weighted by Crippen LogP contribution is -2.54. The van der Waals surface area contributed by atoms with Gasteiger partial charge in [-0.05, 0) is 38.0 Å². The van der Waals surface area contributed by atoms with Gasteiger partial charge in [0, 0.05) is 12.0 Å². The predicted octanol–water partition coefficient (Wildman–Crippen LogP) is 2.49. The Morgan fingerprint density at radius 1 is 1.05 bits per heavy atom. The molecule has 2 atom stereocenters. The van der Waals surface area contributed by atoms with Crippen molar-refractivity contribution in [3.05, 3.63) is 71.3 Å². The maximum absolute atomic E-state index is 14.0. The van der Waals surface area contributed by atoms with Gasteiger partial charge in [0.2, 0.25) is 11.8 Å². The van der Waals surface area contributed by atoms with E-state index in [2.05, 4.69) is 21.3 Å². The summed E-state index contributed by atoms with van der Waals surface area (Å²) in [5.41, 5.74) is 0.464. The fraction of sp³-hybridized carbons (Fsp3) is 0.345. The summed E-state index contributed by atoms with van der Waals surface area (Å²) in [7, 11) is 1.17. The van der Waals surface area contributed by atoms with Crippen LogP contribution in [0.15, 0.2) is 54.6 Å². The van der Waals surface area contributed by atoms with Gasteiger partial charge >= 0.3 is 12.1 Å². The molecule has 0 saturated heterocycles. The van der Waals surface area contributed by atoms with Crippen LogP contribution < -0.4 is 10.6 Å². The lowest BCUT2D eigenvalue weighted by molar-refractivity contribution is -0.144. The number of alkyl carbamates (subject to hydrolysis) is 1. The maximum atomic E-state index is 14.0. The van der Waals surface area contributed by atoms with E-state index in [0.717, 1.165) is 10.5 Å². The van der Waals surface area contributed by atoms with Crippen LogP contribution in [0.2, 0.25) is 0 Å². The molecule has 10 heteroatoms. The SMILES string of the molecule is C#Cc1ccccc1C(C(=O)NCC(=O)OC)N(CC#N)C(=O)C(Cc1ccccc1)NC(=O)OC(C)(C)C. The second kappa shape index (κ2) is 14.2. The van der Waals surface area contributed by atoms with Crippen LogP contribution in [0.25, 0.3) is 0 Å². The number of hydrogen-bond acceptors (Lipinski definition) is 7. The van der Waals surface area contributed by atoms with Gasteiger partial charge in [-0.15, -0.1) is 6.42 Å². The summed E-state index contributed by atoms with van der Waals surface area (Å²) in [6, 6.07) is 14.7. The number of carbonyl (C=O) groups excluding carboxylic acids is 4. The monoisotopic (exact) mass is 532 g/mol. The smallest absolute Gasteiger partial charge is 0.408 e. The van der Waals surface area contributed by atoms with E-state index in [1.54, 1.807) is 69.3 Å². The summed E-state index contributed by atoms with van der Waals surface area (Å²) in [4.78, 5) is 52.9. The topological polar surface area (TPSA) is 138 Å². The van der Waals surface area contributed by atoms with Gasteiger partial charge in [0.25, 0.3) is 0 Å². The highest BCUT2D eigenvalue weighted by molar-refractivity contribution is 5.94. The molecule has 39 heavy (non-hydrogen) atoms. The van der Waals surface area contributed by atoms with E-state index in [0.29, 0.717) is 5.56 Å². The number of benzene rings is 2. The highest BCUT2D eigenvalue weighted by atomic mass is 16.6. The molecular weight excluding hydrogens is 500 g/mol. The Morgan fingerprint density at radius 2 is 1.69 bits per heavy atom. The number of nitrogens with zero attached hydrogens (tertiary/aromatic N) is 2. The molecule has 2 aromatic rings. The van der Waals surface area contributed by atoms with E-state index >= 15 is 0 Å². The quantitative estimate of drug-likeness (QED) is 0.272. The number of nitrogens with one attached hydrogen (secondary N) is 2. The molecular formula is C29H32N4O6. The fourth-order valence-electron chi connectivity index (χ4n) is 3.72. The van der Waals surface area contributed by atoms with Gasteiger partial charge in [0.15, 0.2) is 0 Å². The minimum Gasteiger partial charge on any atom is -0.468 e. The second-order valence-corrected chi connectivity index (χ2v) is 9.44. The molecule has 0 fully saturated rings. The van der Waals surface area contributed by atoms with Crippen LogP contribution in [-0.4, -0.2) is 60.6 Å². The second-order valence-electron chi connectivity index (χ2n) is 9.44. The molecule has 0 spiro atoms. The van der Waals surface area contributed by atoms with Crippen molar-refractivity contribution < 1.29 is 28.7 Å². The molecule has 2 aromatic carbocycles. The van der Waals surface area contributed by atoms with Crippen molar-refractivity contribution in [3.63, 3.8) is 0 Å². The van der Waals surface area contributed by atoms with Gasteiger partial charge in [-0.1, -0.05) is 54.5 Å². The van der Waals surface area contributed by atoms with E-state index in [9.17, 15) is 24.4 Å². The Kier molecular flexibility index (Phi) is 11.1. The Morgan fingerprint density at radius 3 is 2.28 bits per heavy atom. The van der Waals surface area contributed by atoms with Crippen LogP contribution in [0.5, 0.6) is 0 Å². The van der Waals surface area contributed by atoms with Crippen LogP contribution in [0.1, 0.15) is 43.5 Å². The zero-order valence-corrected chi connectivity index (χ0v) is 22.4. The van der Waals surface area contributed by atoms with Crippen molar-refractivity contribution in [2.45, 2.75) is 44.9 Å². The first-order valence-corrected chi connectivity index (χ1v) is 12.1. The van der Waals surface area contributed by atoms with Crippen LogP contribution >= 0.6 is 0 Å². The summed E-state index contributed by atoms with van der Waals surface area (Å²) >= 11 is 0. The molecule has 0 heterocycles.